The second-order valence-corrected chi connectivity index (χ2v) is 6.31. The summed E-state index contributed by atoms with van der Waals surface area (Å²) in [4.78, 5) is 13.5. The Morgan fingerprint density at radius 1 is 1.07 bits per heavy atom. The number of pyridine rings is 1. The Labute approximate surface area is 178 Å². The van der Waals surface area contributed by atoms with Gasteiger partial charge in [-0.2, -0.15) is 0 Å². The van der Waals surface area contributed by atoms with Crippen molar-refractivity contribution in [1.82, 2.24) is 15.2 Å². The van der Waals surface area contributed by atoms with Gasteiger partial charge in [-0.25, -0.2) is 4.98 Å². The van der Waals surface area contributed by atoms with Crippen LogP contribution in [0.1, 0.15) is 11.1 Å². The summed E-state index contributed by atoms with van der Waals surface area (Å²) in [6, 6.07) is 14.5. The topological polar surface area (TPSA) is 53.0 Å². The number of ether oxygens (including phenoxy) is 1. The average Bonchev–Trinajstić information content (AvgIpc) is 2.71. The van der Waals surface area contributed by atoms with Gasteiger partial charge in [0.15, 0.2) is 5.96 Å². The molecule has 1 aromatic heterocycles. The van der Waals surface area contributed by atoms with Crippen molar-refractivity contribution < 1.29 is 4.74 Å². The van der Waals surface area contributed by atoms with Crippen molar-refractivity contribution in [1.29, 1.82) is 0 Å². The maximum absolute atomic E-state index is 5.15. The Hall–Kier alpha value is -1.87. The number of piperazine rings is 1. The Bertz CT molecular complexity index is 700. The molecule has 1 aromatic carbocycles. The van der Waals surface area contributed by atoms with Crippen molar-refractivity contribution in [3.8, 4) is 0 Å². The van der Waals surface area contributed by atoms with Crippen molar-refractivity contribution in [3.05, 3.63) is 59.8 Å². The Morgan fingerprint density at radius 2 is 1.78 bits per heavy atom. The van der Waals surface area contributed by atoms with E-state index in [1.165, 1.54) is 11.1 Å². The Balaban J connectivity index is 0.00000261. The van der Waals surface area contributed by atoms with Crippen molar-refractivity contribution >= 4 is 35.8 Å². The first kappa shape index (κ1) is 21.4. The molecular formula is C20H28IN5O. The number of benzene rings is 1. The van der Waals surface area contributed by atoms with Gasteiger partial charge in [0.1, 0.15) is 5.82 Å². The number of hydrogen-bond donors (Lipinski definition) is 1. The summed E-state index contributed by atoms with van der Waals surface area (Å²) >= 11 is 0. The van der Waals surface area contributed by atoms with E-state index in [2.05, 4.69) is 55.4 Å². The quantitative estimate of drug-likeness (QED) is 0.405. The van der Waals surface area contributed by atoms with Crippen molar-refractivity contribution in [3.63, 3.8) is 0 Å². The number of guanidine groups is 1. The van der Waals surface area contributed by atoms with Gasteiger partial charge in [0.05, 0.1) is 6.61 Å². The molecule has 1 saturated heterocycles. The number of nitrogens with zero attached hydrogens (tertiary/aromatic N) is 4. The first-order chi connectivity index (χ1) is 12.8. The molecule has 146 valence electrons. The number of aliphatic imine (C=N–C) groups is 1. The molecule has 0 bridgehead atoms. The lowest BCUT2D eigenvalue weighted by molar-refractivity contribution is 0.185. The van der Waals surface area contributed by atoms with E-state index < -0.39 is 0 Å². The number of methoxy groups -OCH3 is 1. The fraction of sp³-hybridized carbons (Fsp3) is 0.400. The highest BCUT2D eigenvalue weighted by Gasteiger charge is 2.20. The molecule has 2 heterocycles. The van der Waals surface area contributed by atoms with Crippen LogP contribution in [0.15, 0.2) is 53.7 Å². The minimum absolute atomic E-state index is 0. The molecular weight excluding hydrogens is 453 g/mol. The van der Waals surface area contributed by atoms with E-state index in [0.29, 0.717) is 6.61 Å². The third kappa shape index (κ3) is 6.07. The summed E-state index contributed by atoms with van der Waals surface area (Å²) in [6.45, 7) is 5.18. The van der Waals surface area contributed by atoms with E-state index in [1.54, 1.807) is 7.11 Å². The first-order valence-electron chi connectivity index (χ1n) is 8.98. The first-order valence-corrected chi connectivity index (χ1v) is 8.98. The molecule has 0 atom stereocenters. The van der Waals surface area contributed by atoms with Crippen LogP contribution >= 0.6 is 24.0 Å². The molecule has 3 rings (SSSR count). The lowest BCUT2D eigenvalue weighted by Gasteiger charge is -2.37. The molecule has 0 radical (unpaired) electrons. The van der Waals surface area contributed by atoms with E-state index in [-0.39, 0.29) is 24.0 Å². The van der Waals surface area contributed by atoms with Gasteiger partial charge in [0.25, 0.3) is 0 Å². The molecule has 1 aliphatic rings. The second-order valence-electron chi connectivity index (χ2n) is 6.31. The van der Waals surface area contributed by atoms with Crippen LogP contribution in [-0.4, -0.2) is 56.2 Å². The third-order valence-electron chi connectivity index (χ3n) is 4.55. The van der Waals surface area contributed by atoms with Crippen LogP contribution in [0.3, 0.4) is 0 Å². The van der Waals surface area contributed by atoms with Crippen LogP contribution in [0.4, 0.5) is 5.82 Å². The lowest BCUT2D eigenvalue weighted by Crippen LogP contribution is -2.52. The number of aromatic nitrogens is 1. The van der Waals surface area contributed by atoms with Gasteiger partial charge in [0, 0.05) is 53.1 Å². The second kappa shape index (κ2) is 11.1. The zero-order chi connectivity index (χ0) is 18.2. The summed E-state index contributed by atoms with van der Waals surface area (Å²) < 4.78 is 5.15. The van der Waals surface area contributed by atoms with Crippen LogP contribution in [0.2, 0.25) is 0 Å². The average molecular weight is 481 g/mol. The maximum atomic E-state index is 5.15. The molecule has 0 spiro atoms. The zero-order valence-electron chi connectivity index (χ0n) is 16.0. The highest BCUT2D eigenvalue weighted by Crippen LogP contribution is 2.12. The molecule has 0 saturated carbocycles. The van der Waals surface area contributed by atoms with E-state index in [4.69, 9.17) is 4.74 Å². The molecule has 1 N–H and O–H groups in total. The number of hydrogen-bond acceptors (Lipinski definition) is 4. The normalized spacial score (nSPS) is 14.7. The predicted octanol–water partition coefficient (Wildman–Crippen LogP) is 2.74. The van der Waals surface area contributed by atoms with Gasteiger partial charge < -0.3 is 19.9 Å². The Morgan fingerprint density at radius 3 is 2.37 bits per heavy atom. The van der Waals surface area contributed by atoms with E-state index in [9.17, 15) is 0 Å². The molecule has 1 fully saturated rings. The number of rotatable bonds is 5. The van der Waals surface area contributed by atoms with E-state index in [1.807, 2.05) is 25.4 Å². The summed E-state index contributed by atoms with van der Waals surface area (Å²) in [5.41, 5.74) is 2.42. The van der Waals surface area contributed by atoms with Gasteiger partial charge in [-0.05, 0) is 23.3 Å². The SMILES string of the molecule is CN=C(NCc1ccc(COC)cc1)N1CCN(c2ccccn2)CC1.I. The summed E-state index contributed by atoms with van der Waals surface area (Å²) in [5.74, 6) is 2.00. The molecule has 6 nitrogen and oxygen atoms in total. The number of nitrogens with one attached hydrogen (secondary N) is 1. The minimum Gasteiger partial charge on any atom is -0.380 e. The van der Waals surface area contributed by atoms with E-state index >= 15 is 0 Å². The van der Waals surface area contributed by atoms with Crippen LogP contribution < -0.4 is 10.2 Å². The van der Waals surface area contributed by atoms with Gasteiger partial charge in [-0.3, -0.25) is 4.99 Å². The van der Waals surface area contributed by atoms with Gasteiger partial charge in [-0.1, -0.05) is 30.3 Å². The minimum atomic E-state index is 0. The summed E-state index contributed by atoms with van der Waals surface area (Å²) in [6.07, 6.45) is 1.85. The summed E-state index contributed by atoms with van der Waals surface area (Å²) in [5, 5.41) is 3.47. The van der Waals surface area contributed by atoms with Gasteiger partial charge >= 0.3 is 0 Å². The summed E-state index contributed by atoms with van der Waals surface area (Å²) in [7, 11) is 3.56. The van der Waals surface area contributed by atoms with Crippen LogP contribution in [0, 0.1) is 0 Å². The fourth-order valence-electron chi connectivity index (χ4n) is 3.12. The third-order valence-corrected chi connectivity index (χ3v) is 4.55. The van der Waals surface area contributed by atoms with Crippen LogP contribution in [-0.2, 0) is 17.9 Å². The van der Waals surface area contributed by atoms with Crippen LogP contribution in [0.25, 0.3) is 0 Å². The fourth-order valence-corrected chi connectivity index (χ4v) is 3.12. The standard InChI is InChI=1S/C20H27N5O.HI/c1-21-20(23-15-17-6-8-18(9-7-17)16-26-2)25-13-11-24(12-14-25)19-5-3-4-10-22-19;/h3-10H,11-16H2,1-2H3,(H,21,23);1H. The van der Waals surface area contributed by atoms with Crippen molar-refractivity contribution in [2.45, 2.75) is 13.2 Å². The van der Waals surface area contributed by atoms with Crippen LogP contribution in [0.5, 0.6) is 0 Å². The van der Waals surface area contributed by atoms with Gasteiger partial charge in [-0.15, -0.1) is 24.0 Å². The zero-order valence-corrected chi connectivity index (χ0v) is 18.3. The molecule has 2 aromatic rings. The smallest absolute Gasteiger partial charge is 0.194 e. The Kier molecular flexibility index (Phi) is 8.80. The predicted molar refractivity (Wildman–Crippen MR) is 121 cm³/mol. The molecule has 27 heavy (non-hydrogen) atoms. The monoisotopic (exact) mass is 481 g/mol. The van der Waals surface area contributed by atoms with Gasteiger partial charge in [0.2, 0.25) is 0 Å². The molecule has 0 unspecified atom stereocenters. The lowest BCUT2D eigenvalue weighted by atomic mass is 10.1. The van der Waals surface area contributed by atoms with Crippen molar-refractivity contribution in [2.24, 2.45) is 4.99 Å². The highest BCUT2D eigenvalue weighted by atomic mass is 127. The molecule has 0 amide bonds. The molecule has 1 aliphatic heterocycles. The van der Waals surface area contributed by atoms with E-state index in [0.717, 1.165) is 44.5 Å². The number of anilines is 1. The highest BCUT2D eigenvalue weighted by molar-refractivity contribution is 14.0. The number of halogens is 1. The molecule has 7 heteroatoms. The van der Waals surface area contributed by atoms with Crippen molar-refractivity contribution in [2.75, 3.05) is 45.2 Å². The largest absolute Gasteiger partial charge is 0.380 e. The maximum Gasteiger partial charge on any atom is 0.194 e. The molecule has 0 aliphatic carbocycles.